The summed E-state index contributed by atoms with van der Waals surface area (Å²) in [6.45, 7) is 0. The van der Waals surface area contributed by atoms with Crippen molar-refractivity contribution >= 4 is 16.8 Å². The molecule has 4 rings (SSSR count). The first-order valence-corrected chi connectivity index (χ1v) is 9.69. The lowest BCUT2D eigenvalue weighted by atomic mass is 9.92. The fraction of sp³-hybridized carbons (Fsp3) is 0.304. The Kier molecular flexibility index (Phi) is 5.26. The summed E-state index contributed by atoms with van der Waals surface area (Å²) >= 11 is 0. The molecule has 5 nitrogen and oxygen atoms in total. The van der Waals surface area contributed by atoms with Gasteiger partial charge in [-0.05, 0) is 37.1 Å². The number of carbonyl (C=O) groups excluding carboxylic acids is 1. The normalized spacial score (nSPS) is 19.4. The molecule has 0 aliphatic heterocycles. The van der Waals surface area contributed by atoms with Crippen LogP contribution >= 0.6 is 0 Å². The van der Waals surface area contributed by atoms with Crippen LogP contribution in [0.4, 0.5) is 0 Å². The standard InChI is InChI=1S/C23H24N2O3/c1-28-21-11-5-6-15-12-13-18(24-22(15)21)16-7-4-8-17(14-16)23(27)25-19-9-2-3-10-20(19)26/h4-8,11-14,19-20,26H,2-3,9-10H2,1H3,(H,25,27)/t19-,20-/m0/s1. The lowest BCUT2D eigenvalue weighted by molar-refractivity contribution is 0.0717. The minimum absolute atomic E-state index is 0.161. The maximum Gasteiger partial charge on any atom is 0.251 e. The Morgan fingerprint density at radius 2 is 1.93 bits per heavy atom. The van der Waals surface area contributed by atoms with E-state index in [0.717, 1.165) is 53.6 Å². The number of carbonyl (C=O) groups is 1. The smallest absolute Gasteiger partial charge is 0.251 e. The summed E-state index contributed by atoms with van der Waals surface area (Å²) in [5, 5.41) is 14.1. The van der Waals surface area contributed by atoms with Crippen LogP contribution in [0.25, 0.3) is 22.2 Å². The number of aliphatic hydroxyl groups is 1. The zero-order chi connectivity index (χ0) is 19.5. The molecule has 1 aliphatic rings. The second kappa shape index (κ2) is 7.98. The molecule has 144 valence electrons. The highest BCUT2D eigenvalue weighted by Crippen LogP contribution is 2.27. The average Bonchev–Trinajstić information content (AvgIpc) is 2.74. The molecule has 28 heavy (non-hydrogen) atoms. The number of aromatic nitrogens is 1. The highest BCUT2D eigenvalue weighted by atomic mass is 16.5. The fourth-order valence-electron chi connectivity index (χ4n) is 3.80. The minimum atomic E-state index is -0.462. The number of aliphatic hydroxyl groups excluding tert-OH is 1. The first kappa shape index (κ1) is 18.4. The molecular weight excluding hydrogens is 352 g/mol. The predicted molar refractivity (Wildman–Crippen MR) is 109 cm³/mol. The number of amides is 1. The van der Waals surface area contributed by atoms with E-state index in [-0.39, 0.29) is 11.9 Å². The van der Waals surface area contributed by atoms with Crippen molar-refractivity contribution in [2.24, 2.45) is 0 Å². The van der Waals surface area contributed by atoms with Gasteiger partial charge < -0.3 is 15.2 Å². The van der Waals surface area contributed by atoms with Crippen molar-refractivity contribution in [2.75, 3.05) is 7.11 Å². The predicted octanol–water partition coefficient (Wildman–Crippen LogP) is 3.94. The van der Waals surface area contributed by atoms with Crippen LogP contribution in [0.15, 0.2) is 54.6 Å². The molecule has 1 aromatic heterocycles. The van der Waals surface area contributed by atoms with Gasteiger partial charge in [0.05, 0.1) is 24.9 Å². The molecule has 1 amide bonds. The second-order valence-corrected chi connectivity index (χ2v) is 7.24. The van der Waals surface area contributed by atoms with E-state index in [9.17, 15) is 9.90 Å². The summed E-state index contributed by atoms with van der Waals surface area (Å²) in [5.41, 5.74) is 3.01. The number of fused-ring (bicyclic) bond motifs is 1. The van der Waals surface area contributed by atoms with Gasteiger partial charge in [0, 0.05) is 16.5 Å². The van der Waals surface area contributed by atoms with Crippen molar-refractivity contribution in [2.45, 2.75) is 37.8 Å². The van der Waals surface area contributed by atoms with E-state index in [1.165, 1.54) is 0 Å². The lowest BCUT2D eigenvalue weighted by Gasteiger charge is -2.28. The van der Waals surface area contributed by atoms with E-state index in [1.54, 1.807) is 13.2 Å². The molecule has 1 aliphatic carbocycles. The SMILES string of the molecule is COc1cccc2ccc(-c3cccc(C(=O)N[C@H]4CCCC[C@@H]4O)c3)nc12. The number of para-hydroxylation sites is 1. The van der Waals surface area contributed by atoms with Crippen LogP contribution in [0, 0.1) is 0 Å². The van der Waals surface area contributed by atoms with E-state index in [4.69, 9.17) is 9.72 Å². The molecule has 1 heterocycles. The molecule has 1 saturated carbocycles. The number of nitrogens with zero attached hydrogens (tertiary/aromatic N) is 1. The van der Waals surface area contributed by atoms with E-state index in [0.29, 0.717) is 5.56 Å². The number of ether oxygens (including phenoxy) is 1. The summed E-state index contributed by atoms with van der Waals surface area (Å²) in [6, 6.07) is 17.0. The van der Waals surface area contributed by atoms with E-state index < -0.39 is 6.10 Å². The largest absolute Gasteiger partial charge is 0.494 e. The van der Waals surface area contributed by atoms with Crippen molar-refractivity contribution in [3.8, 4) is 17.0 Å². The molecule has 0 saturated heterocycles. The molecule has 5 heteroatoms. The number of hydrogen-bond donors (Lipinski definition) is 2. The van der Waals surface area contributed by atoms with Crippen LogP contribution in [-0.4, -0.2) is 35.3 Å². The van der Waals surface area contributed by atoms with Gasteiger partial charge in [0.15, 0.2) is 0 Å². The first-order chi connectivity index (χ1) is 13.7. The summed E-state index contributed by atoms with van der Waals surface area (Å²) < 4.78 is 5.42. The Morgan fingerprint density at radius 1 is 1.11 bits per heavy atom. The topological polar surface area (TPSA) is 71.5 Å². The van der Waals surface area contributed by atoms with Crippen molar-refractivity contribution in [3.63, 3.8) is 0 Å². The number of methoxy groups -OCH3 is 1. The number of nitrogens with one attached hydrogen (secondary N) is 1. The Morgan fingerprint density at radius 3 is 2.75 bits per heavy atom. The van der Waals surface area contributed by atoms with Gasteiger partial charge in [0.1, 0.15) is 11.3 Å². The Bertz CT molecular complexity index is 1000. The highest BCUT2D eigenvalue weighted by Gasteiger charge is 2.24. The maximum absolute atomic E-state index is 12.7. The zero-order valence-electron chi connectivity index (χ0n) is 15.9. The average molecular weight is 376 g/mol. The molecule has 2 aromatic carbocycles. The maximum atomic E-state index is 12.7. The lowest BCUT2D eigenvalue weighted by Crippen LogP contribution is -2.45. The molecule has 1 fully saturated rings. The van der Waals surface area contributed by atoms with Gasteiger partial charge in [0.25, 0.3) is 5.91 Å². The summed E-state index contributed by atoms with van der Waals surface area (Å²) in [5.74, 6) is 0.561. The molecule has 0 bridgehead atoms. The first-order valence-electron chi connectivity index (χ1n) is 9.69. The molecular formula is C23H24N2O3. The van der Waals surface area contributed by atoms with Crippen LogP contribution in [0.2, 0.25) is 0 Å². The Balaban J connectivity index is 1.61. The molecule has 0 spiro atoms. The molecule has 0 unspecified atom stereocenters. The third-order valence-electron chi connectivity index (χ3n) is 5.37. The van der Waals surface area contributed by atoms with E-state index in [1.807, 2.05) is 48.5 Å². The van der Waals surface area contributed by atoms with Gasteiger partial charge in [-0.2, -0.15) is 0 Å². The third-order valence-corrected chi connectivity index (χ3v) is 5.37. The van der Waals surface area contributed by atoms with Gasteiger partial charge in [-0.15, -0.1) is 0 Å². The van der Waals surface area contributed by atoms with Crippen LogP contribution in [0.3, 0.4) is 0 Å². The van der Waals surface area contributed by atoms with Crippen LogP contribution < -0.4 is 10.1 Å². The van der Waals surface area contributed by atoms with Crippen molar-refractivity contribution in [3.05, 3.63) is 60.2 Å². The summed E-state index contributed by atoms with van der Waals surface area (Å²) in [6.07, 6.45) is 3.15. The van der Waals surface area contributed by atoms with Crippen LogP contribution in [0.1, 0.15) is 36.0 Å². The van der Waals surface area contributed by atoms with Gasteiger partial charge in [-0.3, -0.25) is 4.79 Å². The van der Waals surface area contributed by atoms with E-state index >= 15 is 0 Å². The highest BCUT2D eigenvalue weighted by molar-refractivity contribution is 5.96. The quantitative estimate of drug-likeness (QED) is 0.723. The third kappa shape index (κ3) is 3.71. The van der Waals surface area contributed by atoms with Gasteiger partial charge >= 0.3 is 0 Å². The monoisotopic (exact) mass is 376 g/mol. The number of benzene rings is 2. The number of pyridine rings is 1. The zero-order valence-corrected chi connectivity index (χ0v) is 15.9. The van der Waals surface area contributed by atoms with E-state index in [2.05, 4.69) is 5.32 Å². The van der Waals surface area contributed by atoms with Crippen molar-refractivity contribution < 1.29 is 14.6 Å². The van der Waals surface area contributed by atoms with Crippen molar-refractivity contribution in [1.29, 1.82) is 0 Å². The molecule has 0 radical (unpaired) electrons. The summed E-state index contributed by atoms with van der Waals surface area (Å²) in [7, 11) is 1.63. The van der Waals surface area contributed by atoms with Crippen LogP contribution in [0.5, 0.6) is 5.75 Å². The van der Waals surface area contributed by atoms with Gasteiger partial charge in [0.2, 0.25) is 0 Å². The van der Waals surface area contributed by atoms with Gasteiger partial charge in [-0.1, -0.05) is 43.2 Å². The second-order valence-electron chi connectivity index (χ2n) is 7.24. The molecule has 2 atom stereocenters. The molecule has 2 N–H and O–H groups in total. The van der Waals surface area contributed by atoms with Gasteiger partial charge in [-0.25, -0.2) is 4.98 Å². The number of rotatable bonds is 4. The van der Waals surface area contributed by atoms with Crippen LogP contribution in [-0.2, 0) is 0 Å². The Hall–Kier alpha value is -2.92. The number of hydrogen-bond acceptors (Lipinski definition) is 4. The summed E-state index contributed by atoms with van der Waals surface area (Å²) in [4.78, 5) is 17.4. The molecule has 3 aromatic rings. The minimum Gasteiger partial charge on any atom is -0.494 e. The van der Waals surface area contributed by atoms with Crippen molar-refractivity contribution in [1.82, 2.24) is 10.3 Å². The fourth-order valence-corrected chi connectivity index (χ4v) is 3.80. The Labute approximate surface area is 164 Å².